The molecule has 0 bridgehead atoms. The lowest BCUT2D eigenvalue weighted by Crippen LogP contribution is -2.62. The van der Waals surface area contributed by atoms with E-state index < -0.39 is 49.9 Å². The molecule has 0 aromatic heterocycles. The fraction of sp³-hybridized carbons (Fsp3) is 0.525. The minimum Gasteiger partial charge on any atom is -0.454 e. The van der Waals surface area contributed by atoms with Crippen LogP contribution in [0, 0.1) is 5.41 Å². The number of phosphoric ester groups is 1. The van der Waals surface area contributed by atoms with Crippen molar-refractivity contribution >= 4 is 13.8 Å². The highest BCUT2D eigenvalue weighted by Gasteiger charge is 2.53. The van der Waals surface area contributed by atoms with Crippen molar-refractivity contribution in [2.75, 3.05) is 19.8 Å². The average molecular weight is 727 g/mol. The second kappa shape index (κ2) is 20.9. The average Bonchev–Trinajstić information content (AvgIpc) is 3.12. The normalized spacial score (nSPS) is 21.0. The number of hydrogen-bond acceptors (Lipinski definition) is 10. The third-order valence-corrected chi connectivity index (χ3v) is 9.60. The summed E-state index contributed by atoms with van der Waals surface area (Å²) < 4.78 is 64.3. The maximum atomic E-state index is 14.3. The van der Waals surface area contributed by atoms with E-state index in [-0.39, 0.29) is 33.0 Å². The van der Waals surface area contributed by atoms with E-state index in [1.807, 2.05) is 105 Å². The van der Waals surface area contributed by atoms with Gasteiger partial charge in [0.25, 0.3) is 0 Å². The van der Waals surface area contributed by atoms with Crippen LogP contribution < -0.4 is 0 Å². The van der Waals surface area contributed by atoms with E-state index in [4.69, 9.17) is 37.3 Å². The van der Waals surface area contributed by atoms with E-state index in [2.05, 4.69) is 0 Å². The molecule has 11 heteroatoms. The van der Waals surface area contributed by atoms with Crippen LogP contribution in [-0.2, 0) is 66.4 Å². The summed E-state index contributed by atoms with van der Waals surface area (Å²) in [6, 6.07) is 29.2. The van der Waals surface area contributed by atoms with Gasteiger partial charge in [0.15, 0.2) is 6.10 Å². The number of esters is 1. The molecule has 1 aliphatic heterocycles. The SMILES string of the molecule is CCCCOP(=O)(OCCCC)O[C@H]1O[C@H](COCc2ccccc2)[C@@H](OCc2ccccc2)[C@H](OCc2ccccc2)[C@@H]1OC(=O)C(C)(C)C. The maximum absolute atomic E-state index is 14.3. The van der Waals surface area contributed by atoms with Crippen LogP contribution >= 0.6 is 7.82 Å². The van der Waals surface area contributed by atoms with E-state index >= 15 is 0 Å². The van der Waals surface area contributed by atoms with Gasteiger partial charge in [-0.2, -0.15) is 0 Å². The smallest absolute Gasteiger partial charge is 0.454 e. The maximum Gasteiger partial charge on any atom is 0.477 e. The summed E-state index contributed by atoms with van der Waals surface area (Å²) in [6.45, 7) is 10.3. The van der Waals surface area contributed by atoms with Crippen molar-refractivity contribution in [1.29, 1.82) is 0 Å². The number of rotatable bonds is 21. The van der Waals surface area contributed by atoms with Crippen LogP contribution in [0.1, 0.15) is 77.0 Å². The topological polar surface area (TPSA) is 108 Å². The van der Waals surface area contributed by atoms with Crippen LogP contribution in [0.3, 0.4) is 0 Å². The highest BCUT2D eigenvalue weighted by molar-refractivity contribution is 7.48. The zero-order valence-corrected chi connectivity index (χ0v) is 31.5. The van der Waals surface area contributed by atoms with Crippen molar-refractivity contribution in [2.45, 2.75) is 111 Å². The molecular formula is C40H55O10P. The summed E-state index contributed by atoms with van der Waals surface area (Å²) >= 11 is 0. The molecule has 0 N–H and O–H groups in total. The van der Waals surface area contributed by atoms with Crippen LogP contribution in [0.15, 0.2) is 91.0 Å². The number of benzene rings is 3. The lowest BCUT2D eigenvalue weighted by atomic mass is 9.95. The second-order valence-electron chi connectivity index (χ2n) is 13.6. The lowest BCUT2D eigenvalue weighted by molar-refractivity contribution is -0.307. The van der Waals surface area contributed by atoms with Crippen molar-refractivity contribution < 1.29 is 46.6 Å². The van der Waals surface area contributed by atoms with Crippen LogP contribution in [-0.4, -0.2) is 56.5 Å². The van der Waals surface area contributed by atoms with Crippen LogP contribution in [0.5, 0.6) is 0 Å². The van der Waals surface area contributed by atoms with Gasteiger partial charge in [0, 0.05) is 0 Å². The summed E-state index contributed by atoms with van der Waals surface area (Å²) in [5.74, 6) is -0.521. The van der Waals surface area contributed by atoms with Gasteiger partial charge >= 0.3 is 13.8 Å². The molecule has 1 fully saturated rings. The summed E-state index contributed by atoms with van der Waals surface area (Å²) in [7, 11) is -4.21. The molecule has 280 valence electrons. The predicted molar refractivity (Wildman–Crippen MR) is 195 cm³/mol. The Morgan fingerprint density at radius 3 is 1.63 bits per heavy atom. The Balaban J connectivity index is 1.73. The fourth-order valence-corrected chi connectivity index (χ4v) is 6.51. The van der Waals surface area contributed by atoms with Crippen molar-refractivity contribution in [2.24, 2.45) is 5.41 Å². The van der Waals surface area contributed by atoms with Crippen molar-refractivity contribution in [3.63, 3.8) is 0 Å². The van der Waals surface area contributed by atoms with E-state index in [1.54, 1.807) is 20.8 Å². The number of ether oxygens (including phenoxy) is 5. The van der Waals surface area contributed by atoms with Crippen LogP contribution in [0.25, 0.3) is 0 Å². The van der Waals surface area contributed by atoms with E-state index in [0.717, 1.165) is 29.5 Å². The van der Waals surface area contributed by atoms with Crippen molar-refractivity contribution in [1.82, 2.24) is 0 Å². The number of unbranched alkanes of at least 4 members (excludes halogenated alkanes) is 2. The van der Waals surface area contributed by atoms with Crippen LogP contribution in [0.4, 0.5) is 0 Å². The molecule has 0 amide bonds. The monoisotopic (exact) mass is 726 g/mol. The Morgan fingerprint density at radius 1 is 0.686 bits per heavy atom. The Bertz CT molecular complexity index is 1440. The van der Waals surface area contributed by atoms with Crippen molar-refractivity contribution in [3.05, 3.63) is 108 Å². The van der Waals surface area contributed by atoms with Crippen LogP contribution in [0.2, 0.25) is 0 Å². The number of carbonyl (C=O) groups excluding carboxylic acids is 1. The molecule has 0 saturated carbocycles. The van der Waals surface area contributed by atoms with Gasteiger partial charge in [0.2, 0.25) is 6.29 Å². The van der Waals surface area contributed by atoms with E-state index in [0.29, 0.717) is 19.4 Å². The Kier molecular flexibility index (Phi) is 16.8. The Morgan fingerprint density at radius 2 is 1.16 bits per heavy atom. The van der Waals surface area contributed by atoms with Gasteiger partial charge in [-0.15, -0.1) is 0 Å². The first-order chi connectivity index (χ1) is 24.6. The first-order valence-corrected chi connectivity index (χ1v) is 19.4. The largest absolute Gasteiger partial charge is 0.477 e. The van der Waals surface area contributed by atoms with Crippen molar-refractivity contribution in [3.8, 4) is 0 Å². The summed E-state index contributed by atoms with van der Waals surface area (Å²) in [5.41, 5.74) is 1.93. The fourth-order valence-electron chi connectivity index (χ4n) is 5.18. The summed E-state index contributed by atoms with van der Waals surface area (Å²) in [4.78, 5) is 13.6. The molecule has 4 rings (SSSR count). The van der Waals surface area contributed by atoms with Gasteiger partial charge < -0.3 is 23.7 Å². The third-order valence-electron chi connectivity index (χ3n) is 8.14. The van der Waals surface area contributed by atoms with Gasteiger partial charge in [-0.3, -0.25) is 18.4 Å². The van der Waals surface area contributed by atoms with Gasteiger partial charge in [-0.05, 0) is 50.3 Å². The van der Waals surface area contributed by atoms with Gasteiger partial charge in [-0.1, -0.05) is 118 Å². The minimum atomic E-state index is -4.21. The van der Waals surface area contributed by atoms with Gasteiger partial charge in [0.1, 0.15) is 18.3 Å². The second-order valence-corrected chi connectivity index (χ2v) is 15.2. The summed E-state index contributed by atoms with van der Waals surface area (Å²) in [5, 5.41) is 0. The molecule has 0 unspecified atom stereocenters. The van der Waals surface area contributed by atoms with Gasteiger partial charge in [0.05, 0.1) is 45.1 Å². The molecule has 1 aliphatic rings. The highest BCUT2D eigenvalue weighted by atomic mass is 31.2. The Labute approximate surface area is 303 Å². The molecule has 1 heterocycles. The first-order valence-electron chi connectivity index (χ1n) is 18.0. The number of carbonyl (C=O) groups is 1. The molecule has 10 nitrogen and oxygen atoms in total. The molecule has 1 saturated heterocycles. The van der Waals surface area contributed by atoms with E-state index in [9.17, 15) is 9.36 Å². The molecule has 5 atom stereocenters. The Hall–Kier alpha value is -2.92. The molecule has 0 spiro atoms. The zero-order chi connectivity index (χ0) is 36.5. The molecule has 0 aliphatic carbocycles. The molecule has 51 heavy (non-hydrogen) atoms. The quantitative estimate of drug-likeness (QED) is 0.0600. The van der Waals surface area contributed by atoms with E-state index in [1.165, 1.54) is 0 Å². The lowest BCUT2D eigenvalue weighted by Gasteiger charge is -2.46. The number of phosphoric acid groups is 1. The molecular weight excluding hydrogens is 671 g/mol. The third kappa shape index (κ3) is 13.5. The highest BCUT2D eigenvalue weighted by Crippen LogP contribution is 2.53. The zero-order valence-electron chi connectivity index (χ0n) is 30.6. The molecule has 3 aromatic carbocycles. The van der Waals surface area contributed by atoms with Gasteiger partial charge in [-0.25, -0.2) is 4.57 Å². The minimum absolute atomic E-state index is 0.0665. The molecule has 3 aromatic rings. The standard InChI is InChI=1S/C40H55O10P/c1-6-8-25-46-51(42,47-26-9-7-2)50-38-37(49-39(41)40(3,4)5)36(45-29-33-23-17-12-18-24-33)35(44-28-32-21-15-11-16-22-32)34(48-38)30-43-27-31-19-13-10-14-20-31/h10-24,34-38H,6-9,25-30H2,1-5H3/t34-,35-,36+,37+,38-/m1/s1. The molecule has 0 radical (unpaired) electrons. The first kappa shape index (κ1) is 40.8. The summed E-state index contributed by atoms with van der Waals surface area (Å²) in [6.07, 6.45) is -2.24. The predicted octanol–water partition coefficient (Wildman–Crippen LogP) is 8.81. The number of hydrogen-bond donors (Lipinski definition) is 0.